The number of nitrogens with zero attached hydrogens (tertiary/aromatic N) is 2. The molecule has 0 aromatic carbocycles. The van der Waals surface area contributed by atoms with E-state index in [1.807, 2.05) is 25.5 Å². The number of hydrogen-bond acceptors (Lipinski definition) is 3. The molecule has 0 spiro atoms. The molecular weight excluding hydrogens is 286 g/mol. The summed E-state index contributed by atoms with van der Waals surface area (Å²) in [7, 11) is -3.45. The third-order valence-electron chi connectivity index (χ3n) is 4.30. The van der Waals surface area contributed by atoms with Gasteiger partial charge in [-0.1, -0.05) is 33.6 Å². The van der Waals surface area contributed by atoms with Crippen LogP contribution in [0.1, 0.15) is 71.0 Å². The fraction of sp³-hybridized carbons (Fsp3) is 0.800. The zero-order chi connectivity index (χ0) is 15.3. The molecule has 0 aliphatic heterocycles. The van der Waals surface area contributed by atoms with E-state index in [1.165, 1.54) is 12.8 Å². The predicted molar refractivity (Wildman–Crippen MR) is 81.8 cm³/mol. The highest BCUT2D eigenvalue weighted by atomic mass is 32.2. The molecule has 1 N–H and O–H groups in total. The van der Waals surface area contributed by atoms with Crippen molar-refractivity contribution in [2.24, 2.45) is 0 Å². The lowest BCUT2D eigenvalue weighted by molar-refractivity contribution is 0.448. The lowest BCUT2D eigenvalue weighted by Crippen LogP contribution is -2.28. The van der Waals surface area contributed by atoms with E-state index in [1.54, 1.807) is 6.20 Å². The molecule has 1 aromatic rings. The molecule has 1 aromatic heterocycles. The molecule has 21 heavy (non-hydrogen) atoms. The van der Waals surface area contributed by atoms with Gasteiger partial charge < -0.3 is 0 Å². The second-order valence-electron chi connectivity index (χ2n) is 7.41. The van der Waals surface area contributed by atoms with E-state index in [-0.39, 0.29) is 11.5 Å². The summed E-state index contributed by atoms with van der Waals surface area (Å²) in [6.45, 7) is 6.05. The van der Waals surface area contributed by atoms with Crippen LogP contribution in [0.5, 0.6) is 0 Å². The Morgan fingerprint density at radius 2 is 1.81 bits per heavy atom. The van der Waals surface area contributed by atoms with Crippen LogP contribution in [0.3, 0.4) is 0 Å². The number of hydrogen-bond donors (Lipinski definition) is 1. The fourth-order valence-electron chi connectivity index (χ4n) is 2.93. The first-order valence-corrected chi connectivity index (χ1v) is 9.38. The molecule has 2 aliphatic carbocycles. The summed E-state index contributed by atoms with van der Waals surface area (Å²) in [6.07, 6.45) is 8.25. The summed E-state index contributed by atoms with van der Waals surface area (Å²) in [5.41, 5.74) is 0.403. The smallest absolute Gasteiger partial charge is 0.244 e. The van der Waals surface area contributed by atoms with Gasteiger partial charge in [0.2, 0.25) is 10.0 Å². The van der Waals surface area contributed by atoms with Crippen LogP contribution < -0.4 is 4.72 Å². The standard InChI is InChI=1S/C15H25N3O2S/c1-15(2,3)14-13(21(19,20)17-11-8-9-11)10-18(16-14)12-6-4-5-7-12/h10-12,17H,4-9H2,1-3H3. The van der Waals surface area contributed by atoms with Crippen molar-refractivity contribution in [3.63, 3.8) is 0 Å². The molecule has 5 nitrogen and oxygen atoms in total. The Balaban J connectivity index is 2.00. The third-order valence-corrected chi connectivity index (χ3v) is 5.82. The van der Waals surface area contributed by atoms with Gasteiger partial charge in [0.25, 0.3) is 0 Å². The van der Waals surface area contributed by atoms with Crippen LogP contribution in [0.15, 0.2) is 11.1 Å². The summed E-state index contributed by atoms with van der Waals surface area (Å²) in [5.74, 6) is 0. The molecule has 3 rings (SSSR count). The van der Waals surface area contributed by atoms with Crippen molar-refractivity contribution in [3.05, 3.63) is 11.9 Å². The topological polar surface area (TPSA) is 64.0 Å². The molecule has 2 saturated carbocycles. The van der Waals surface area contributed by atoms with Gasteiger partial charge >= 0.3 is 0 Å². The molecule has 0 atom stereocenters. The summed E-state index contributed by atoms with van der Waals surface area (Å²) >= 11 is 0. The van der Waals surface area contributed by atoms with Crippen molar-refractivity contribution in [3.8, 4) is 0 Å². The average molecular weight is 311 g/mol. The minimum absolute atomic E-state index is 0.123. The van der Waals surface area contributed by atoms with Crippen molar-refractivity contribution in [1.29, 1.82) is 0 Å². The molecule has 0 bridgehead atoms. The highest BCUT2D eigenvalue weighted by Gasteiger charge is 2.35. The van der Waals surface area contributed by atoms with Gasteiger partial charge in [-0.15, -0.1) is 0 Å². The maximum atomic E-state index is 12.6. The quantitative estimate of drug-likeness (QED) is 0.930. The molecular formula is C15H25N3O2S. The molecule has 1 heterocycles. The van der Waals surface area contributed by atoms with E-state index in [2.05, 4.69) is 9.82 Å². The normalized spacial score (nSPS) is 21.1. The Morgan fingerprint density at radius 3 is 2.33 bits per heavy atom. The molecule has 0 saturated heterocycles. The predicted octanol–water partition coefficient (Wildman–Crippen LogP) is 2.74. The molecule has 0 radical (unpaired) electrons. The van der Waals surface area contributed by atoms with Crippen LogP contribution in [0.2, 0.25) is 0 Å². The Kier molecular flexibility index (Phi) is 3.64. The average Bonchev–Trinajstić information content (AvgIpc) is 2.91. The number of nitrogens with one attached hydrogen (secondary N) is 1. The zero-order valence-corrected chi connectivity index (χ0v) is 13.9. The van der Waals surface area contributed by atoms with E-state index < -0.39 is 10.0 Å². The first kappa shape index (κ1) is 15.0. The highest BCUT2D eigenvalue weighted by molar-refractivity contribution is 7.89. The summed E-state index contributed by atoms with van der Waals surface area (Å²) < 4.78 is 29.9. The first-order chi connectivity index (χ1) is 9.77. The summed E-state index contributed by atoms with van der Waals surface area (Å²) in [6, 6.07) is 0.480. The Bertz CT molecular complexity index is 618. The molecule has 6 heteroatoms. The van der Waals surface area contributed by atoms with E-state index in [4.69, 9.17) is 0 Å². The second-order valence-corrected chi connectivity index (χ2v) is 9.09. The molecule has 118 valence electrons. The van der Waals surface area contributed by atoms with Crippen molar-refractivity contribution in [2.45, 2.75) is 81.7 Å². The molecule has 0 unspecified atom stereocenters. The van der Waals surface area contributed by atoms with Crippen LogP contribution in [-0.4, -0.2) is 24.2 Å². The maximum absolute atomic E-state index is 12.6. The van der Waals surface area contributed by atoms with Gasteiger partial charge in [0.05, 0.1) is 11.7 Å². The first-order valence-electron chi connectivity index (χ1n) is 7.89. The lowest BCUT2D eigenvalue weighted by Gasteiger charge is -2.17. The van der Waals surface area contributed by atoms with Crippen molar-refractivity contribution < 1.29 is 8.42 Å². The Hall–Kier alpha value is -0.880. The van der Waals surface area contributed by atoms with Gasteiger partial charge in [-0.3, -0.25) is 4.68 Å². The minimum Gasteiger partial charge on any atom is -0.268 e. The van der Waals surface area contributed by atoms with Crippen LogP contribution in [0.4, 0.5) is 0 Å². The lowest BCUT2D eigenvalue weighted by atomic mass is 9.92. The summed E-state index contributed by atoms with van der Waals surface area (Å²) in [4.78, 5) is 0.369. The highest BCUT2D eigenvalue weighted by Crippen LogP contribution is 2.34. The van der Waals surface area contributed by atoms with Gasteiger partial charge in [-0.2, -0.15) is 5.10 Å². The largest absolute Gasteiger partial charge is 0.268 e. The van der Waals surface area contributed by atoms with Crippen LogP contribution in [0, 0.1) is 0 Å². The number of sulfonamides is 1. The van der Waals surface area contributed by atoms with Crippen LogP contribution >= 0.6 is 0 Å². The number of aromatic nitrogens is 2. The minimum atomic E-state index is -3.45. The molecule has 2 aliphatic rings. The van der Waals surface area contributed by atoms with Gasteiger partial charge in [0.1, 0.15) is 4.90 Å². The van der Waals surface area contributed by atoms with Crippen molar-refractivity contribution in [1.82, 2.24) is 14.5 Å². The van der Waals surface area contributed by atoms with E-state index in [0.29, 0.717) is 16.6 Å². The van der Waals surface area contributed by atoms with Gasteiger partial charge in [0, 0.05) is 17.7 Å². The van der Waals surface area contributed by atoms with Crippen molar-refractivity contribution in [2.75, 3.05) is 0 Å². The number of rotatable bonds is 4. The maximum Gasteiger partial charge on any atom is 0.244 e. The van der Waals surface area contributed by atoms with E-state index in [9.17, 15) is 8.42 Å². The van der Waals surface area contributed by atoms with Gasteiger partial charge in [-0.25, -0.2) is 13.1 Å². The van der Waals surface area contributed by atoms with Gasteiger partial charge in [-0.05, 0) is 25.7 Å². The van der Waals surface area contributed by atoms with Crippen molar-refractivity contribution >= 4 is 10.0 Å². The third kappa shape index (κ3) is 3.16. The zero-order valence-electron chi connectivity index (χ0n) is 13.1. The van der Waals surface area contributed by atoms with Crippen LogP contribution in [-0.2, 0) is 15.4 Å². The molecule has 2 fully saturated rings. The fourth-order valence-corrected chi connectivity index (χ4v) is 4.58. The second kappa shape index (κ2) is 5.09. The summed E-state index contributed by atoms with van der Waals surface area (Å²) in [5, 5.41) is 4.65. The van der Waals surface area contributed by atoms with E-state index in [0.717, 1.165) is 25.7 Å². The van der Waals surface area contributed by atoms with Crippen LogP contribution in [0.25, 0.3) is 0 Å². The van der Waals surface area contributed by atoms with Gasteiger partial charge in [0.15, 0.2) is 0 Å². The monoisotopic (exact) mass is 311 g/mol. The Labute approximate surface area is 127 Å². The SMILES string of the molecule is CC(C)(C)c1nn(C2CCCC2)cc1S(=O)(=O)NC1CC1. The Morgan fingerprint density at radius 1 is 1.19 bits per heavy atom. The molecule has 0 amide bonds. The van der Waals surface area contributed by atoms with E-state index >= 15 is 0 Å².